The second-order valence-electron chi connectivity index (χ2n) is 5.96. The average Bonchev–Trinajstić information content (AvgIpc) is 2.11. The van der Waals surface area contributed by atoms with Crippen LogP contribution in [0.1, 0.15) is 12.8 Å². The highest BCUT2D eigenvalue weighted by Gasteiger charge is 2.60. The first-order valence-corrected chi connectivity index (χ1v) is 7.56. The minimum Gasteiger partial charge on any atom is -0.325 e. The van der Waals surface area contributed by atoms with Crippen LogP contribution in [0.15, 0.2) is 0 Å². The first kappa shape index (κ1) is 10.1. The van der Waals surface area contributed by atoms with Gasteiger partial charge in [-0.1, -0.05) is 31.9 Å². The van der Waals surface area contributed by atoms with Crippen LogP contribution in [0.25, 0.3) is 0 Å². The van der Waals surface area contributed by atoms with Crippen molar-refractivity contribution in [2.24, 2.45) is 17.8 Å². The topological polar surface area (TPSA) is 0 Å². The Morgan fingerprint density at radius 2 is 1.79 bits per heavy atom. The van der Waals surface area contributed by atoms with Crippen molar-refractivity contribution in [3.05, 3.63) is 0 Å². The van der Waals surface area contributed by atoms with E-state index in [0.29, 0.717) is 4.32 Å². The molecular formula is C11H18Br2N+. The molecular weight excluding hydrogens is 306 g/mol. The lowest BCUT2D eigenvalue weighted by Crippen LogP contribution is -2.71. The molecule has 0 aromatic carbocycles. The fourth-order valence-electron chi connectivity index (χ4n) is 4.36. The molecule has 3 heteroatoms. The Morgan fingerprint density at radius 1 is 1.21 bits per heavy atom. The Morgan fingerprint density at radius 3 is 2.21 bits per heavy atom. The second-order valence-corrected chi connectivity index (χ2v) is 8.00. The first-order chi connectivity index (χ1) is 6.56. The van der Waals surface area contributed by atoms with Gasteiger partial charge in [-0.25, -0.2) is 0 Å². The van der Waals surface area contributed by atoms with E-state index < -0.39 is 0 Å². The molecule has 1 saturated carbocycles. The lowest BCUT2D eigenvalue weighted by molar-refractivity contribution is -0.937. The van der Waals surface area contributed by atoms with Crippen molar-refractivity contribution in [1.82, 2.24) is 0 Å². The largest absolute Gasteiger partial charge is 0.325 e. The van der Waals surface area contributed by atoms with E-state index in [1.807, 2.05) is 0 Å². The van der Waals surface area contributed by atoms with Crippen LogP contribution in [0.5, 0.6) is 0 Å². The van der Waals surface area contributed by atoms with Crippen LogP contribution < -0.4 is 0 Å². The van der Waals surface area contributed by atoms with Gasteiger partial charge in [0.05, 0.1) is 31.0 Å². The maximum absolute atomic E-state index is 4.05. The summed E-state index contributed by atoms with van der Waals surface area (Å²) in [4.78, 5) is 0. The van der Waals surface area contributed by atoms with Gasteiger partial charge in [0.2, 0.25) is 0 Å². The minimum absolute atomic E-state index is 0.432. The number of nitrogens with zero attached hydrogens (tertiary/aromatic N) is 1. The molecule has 0 amide bonds. The summed E-state index contributed by atoms with van der Waals surface area (Å²) in [5.41, 5.74) is 0. The predicted octanol–water partition coefficient (Wildman–Crippen LogP) is 2.63. The van der Waals surface area contributed by atoms with E-state index in [2.05, 4.69) is 38.9 Å². The molecule has 3 unspecified atom stereocenters. The van der Waals surface area contributed by atoms with E-state index in [1.165, 1.54) is 37.0 Å². The third-order valence-corrected chi connectivity index (χ3v) is 8.07. The highest BCUT2D eigenvalue weighted by atomic mass is 79.9. The van der Waals surface area contributed by atoms with Gasteiger partial charge in [0.1, 0.15) is 0 Å². The van der Waals surface area contributed by atoms with Gasteiger partial charge in [0.25, 0.3) is 0 Å². The molecule has 0 aromatic rings. The van der Waals surface area contributed by atoms with E-state index in [9.17, 15) is 0 Å². The van der Waals surface area contributed by atoms with Crippen LogP contribution in [-0.2, 0) is 0 Å². The summed E-state index contributed by atoms with van der Waals surface area (Å²) in [6, 6.07) is 0. The molecule has 4 fully saturated rings. The fraction of sp³-hybridized carbons (Fsp3) is 1.00. The van der Waals surface area contributed by atoms with Crippen molar-refractivity contribution in [1.29, 1.82) is 0 Å². The monoisotopic (exact) mass is 322 g/mol. The maximum atomic E-state index is 4.05. The summed E-state index contributed by atoms with van der Waals surface area (Å²) in [5.74, 6) is 2.86. The zero-order chi connectivity index (χ0) is 9.97. The summed E-state index contributed by atoms with van der Waals surface area (Å²) in [7, 11) is 2.46. The predicted molar refractivity (Wildman–Crippen MR) is 65.9 cm³/mol. The summed E-state index contributed by atoms with van der Waals surface area (Å²) in [6.07, 6.45) is 2.95. The summed E-state index contributed by atoms with van der Waals surface area (Å²) >= 11 is 7.77. The van der Waals surface area contributed by atoms with Crippen molar-refractivity contribution in [2.75, 3.05) is 32.0 Å². The van der Waals surface area contributed by atoms with Crippen LogP contribution in [0.3, 0.4) is 0 Å². The Labute approximate surface area is 103 Å². The molecule has 5 atom stereocenters. The highest BCUT2D eigenvalue weighted by molar-refractivity contribution is 9.12. The van der Waals surface area contributed by atoms with E-state index in [4.69, 9.17) is 0 Å². The van der Waals surface area contributed by atoms with Crippen LogP contribution in [0, 0.1) is 17.8 Å². The number of piperidine rings is 3. The zero-order valence-electron chi connectivity index (χ0n) is 8.68. The Bertz CT molecular complexity index is 250. The molecule has 3 aliphatic heterocycles. The number of alkyl halides is 2. The third kappa shape index (κ3) is 1.21. The fourth-order valence-corrected chi connectivity index (χ4v) is 5.94. The Kier molecular flexibility index (Phi) is 2.15. The van der Waals surface area contributed by atoms with Crippen LogP contribution in [0.2, 0.25) is 0 Å². The van der Waals surface area contributed by atoms with Gasteiger partial charge >= 0.3 is 0 Å². The number of quaternary nitrogens is 1. The number of hydrogen-bond acceptors (Lipinski definition) is 0. The normalized spacial score (nSPS) is 60.6. The molecule has 4 rings (SSSR count). The van der Waals surface area contributed by atoms with Gasteiger partial charge in [-0.3, -0.25) is 0 Å². The van der Waals surface area contributed by atoms with Gasteiger partial charge < -0.3 is 4.48 Å². The van der Waals surface area contributed by atoms with Crippen molar-refractivity contribution in [2.45, 2.75) is 17.2 Å². The molecule has 80 valence electrons. The lowest BCUT2D eigenvalue weighted by atomic mass is 9.61. The molecule has 0 aromatic heterocycles. The zero-order valence-corrected chi connectivity index (χ0v) is 11.8. The van der Waals surface area contributed by atoms with Gasteiger partial charge in [-0.2, -0.15) is 0 Å². The Hall–Kier alpha value is 0.920. The van der Waals surface area contributed by atoms with E-state index in [-0.39, 0.29) is 0 Å². The standard InChI is InChI=1S/C11H18Br2N/c1-14-4-8-2-9(5-14)11(13,7-12)10(3-8)6-14/h8-10H,2-7H2,1H3/q+1/t8?,9-,10+,11?,14?. The summed E-state index contributed by atoms with van der Waals surface area (Å²) in [5, 5.41) is 1.14. The highest BCUT2D eigenvalue weighted by Crippen LogP contribution is 2.56. The minimum atomic E-state index is 0.432. The first-order valence-electron chi connectivity index (χ1n) is 5.64. The van der Waals surface area contributed by atoms with Crippen molar-refractivity contribution < 1.29 is 4.48 Å². The maximum Gasteiger partial charge on any atom is 0.0827 e. The van der Waals surface area contributed by atoms with E-state index >= 15 is 0 Å². The molecule has 0 spiro atoms. The Balaban J connectivity index is 1.96. The molecule has 3 heterocycles. The number of rotatable bonds is 1. The molecule has 4 bridgehead atoms. The smallest absolute Gasteiger partial charge is 0.0827 e. The van der Waals surface area contributed by atoms with Crippen LogP contribution in [0.4, 0.5) is 0 Å². The molecule has 3 saturated heterocycles. The lowest BCUT2D eigenvalue weighted by Gasteiger charge is -2.62. The molecule has 1 nitrogen and oxygen atoms in total. The van der Waals surface area contributed by atoms with Crippen LogP contribution in [-0.4, -0.2) is 40.8 Å². The average molecular weight is 324 g/mol. The van der Waals surface area contributed by atoms with Crippen molar-refractivity contribution in [3.63, 3.8) is 0 Å². The molecule has 0 radical (unpaired) electrons. The van der Waals surface area contributed by atoms with Gasteiger partial charge in [0, 0.05) is 23.1 Å². The quantitative estimate of drug-likeness (QED) is 0.514. The van der Waals surface area contributed by atoms with Gasteiger partial charge in [0.15, 0.2) is 0 Å². The summed E-state index contributed by atoms with van der Waals surface area (Å²) < 4.78 is 1.79. The van der Waals surface area contributed by atoms with E-state index in [1.54, 1.807) is 0 Å². The molecule has 0 N–H and O–H groups in total. The molecule has 4 aliphatic rings. The number of hydrogen-bond donors (Lipinski definition) is 0. The van der Waals surface area contributed by atoms with Gasteiger partial charge in [-0.15, -0.1) is 0 Å². The summed E-state index contributed by atoms with van der Waals surface area (Å²) in [6.45, 7) is 4.27. The molecule has 1 aliphatic carbocycles. The van der Waals surface area contributed by atoms with Crippen molar-refractivity contribution in [3.8, 4) is 0 Å². The van der Waals surface area contributed by atoms with Gasteiger partial charge in [-0.05, 0) is 12.8 Å². The third-order valence-electron chi connectivity index (χ3n) is 4.82. The second kappa shape index (κ2) is 2.98. The number of halogens is 2. The van der Waals surface area contributed by atoms with Crippen molar-refractivity contribution >= 4 is 31.9 Å². The van der Waals surface area contributed by atoms with Crippen LogP contribution >= 0.6 is 31.9 Å². The molecule has 14 heavy (non-hydrogen) atoms. The van der Waals surface area contributed by atoms with E-state index in [0.717, 1.165) is 23.1 Å². The SMILES string of the molecule is C[N+]12CC3C[C@H](C1)C(Br)(CBr)[C@@H](C3)C2.